The van der Waals surface area contributed by atoms with E-state index in [1.54, 1.807) is 0 Å². The number of aliphatic hydroxyl groups excluding tert-OH is 1. The molecule has 88 valence electrons. The van der Waals surface area contributed by atoms with Gasteiger partial charge >= 0.3 is 5.97 Å². The van der Waals surface area contributed by atoms with E-state index in [0.29, 0.717) is 18.6 Å². The van der Waals surface area contributed by atoms with Gasteiger partial charge in [-0.25, -0.2) is 4.79 Å². The number of Topliss-reactive ketones (excluding diaryl/α,β-unsaturated/α-hetero) is 1. The summed E-state index contributed by atoms with van der Waals surface area (Å²) in [5.41, 5.74) is 0.703. The quantitative estimate of drug-likeness (QED) is 0.444. The van der Waals surface area contributed by atoms with Crippen molar-refractivity contribution in [2.45, 2.75) is 32.7 Å². The fourth-order valence-electron chi connectivity index (χ4n) is 1.75. The van der Waals surface area contributed by atoms with Gasteiger partial charge in [-0.1, -0.05) is 0 Å². The molecule has 0 bridgehead atoms. The van der Waals surface area contributed by atoms with Crippen LogP contribution >= 0.6 is 0 Å². The number of ketones is 1. The number of aliphatic imine (C=N–C) groups is 1. The van der Waals surface area contributed by atoms with Crippen molar-refractivity contribution in [2.24, 2.45) is 4.99 Å². The molecule has 5 nitrogen and oxygen atoms in total. The van der Waals surface area contributed by atoms with Crippen molar-refractivity contribution in [3.05, 3.63) is 11.3 Å². The van der Waals surface area contributed by atoms with Crippen LogP contribution in [0, 0.1) is 0 Å². The summed E-state index contributed by atoms with van der Waals surface area (Å²) >= 11 is 0. The minimum absolute atomic E-state index is 0.0586. The van der Waals surface area contributed by atoms with E-state index < -0.39 is 12.0 Å². The average molecular weight is 225 g/mol. The number of carbonyl (C=O) groups excluding carboxylic acids is 2. The summed E-state index contributed by atoms with van der Waals surface area (Å²) < 4.78 is 4.57. The number of rotatable bonds is 3. The molecule has 0 radical (unpaired) electrons. The van der Waals surface area contributed by atoms with Crippen LogP contribution in [0.3, 0.4) is 0 Å². The zero-order valence-corrected chi connectivity index (χ0v) is 9.61. The first kappa shape index (κ1) is 12.4. The van der Waals surface area contributed by atoms with Gasteiger partial charge in [-0.15, -0.1) is 0 Å². The third-order valence-corrected chi connectivity index (χ3v) is 2.44. The number of methoxy groups -OCH3 is 1. The summed E-state index contributed by atoms with van der Waals surface area (Å²) in [6.45, 7) is 2.80. The molecular formula is C11H15NO4. The molecule has 1 unspecified atom stereocenters. The van der Waals surface area contributed by atoms with Crippen LogP contribution in [0.2, 0.25) is 0 Å². The minimum atomic E-state index is -0.548. The van der Waals surface area contributed by atoms with Crippen LogP contribution in [-0.4, -0.2) is 35.7 Å². The van der Waals surface area contributed by atoms with E-state index >= 15 is 0 Å². The second kappa shape index (κ2) is 4.92. The molecule has 5 heteroatoms. The number of esters is 1. The summed E-state index contributed by atoms with van der Waals surface area (Å²) in [4.78, 5) is 26.6. The first-order chi connectivity index (χ1) is 7.47. The summed E-state index contributed by atoms with van der Waals surface area (Å²) in [5, 5.41) is 9.39. The number of aliphatic hydroxyl groups is 1. The molecule has 0 aromatic carbocycles. The Kier molecular flexibility index (Phi) is 3.82. The largest absolute Gasteiger partial charge is 0.512 e. The monoisotopic (exact) mass is 225 g/mol. The van der Waals surface area contributed by atoms with Crippen molar-refractivity contribution < 1.29 is 19.4 Å². The second-order valence-electron chi connectivity index (χ2n) is 3.67. The Bertz CT molecular complexity index is 377. The molecular weight excluding hydrogens is 210 g/mol. The van der Waals surface area contributed by atoms with Gasteiger partial charge < -0.3 is 9.84 Å². The smallest absolute Gasteiger partial charge is 0.330 e. The maximum absolute atomic E-state index is 11.3. The van der Waals surface area contributed by atoms with Crippen molar-refractivity contribution in [1.29, 1.82) is 0 Å². The Balaban J connectivity index is 2.96. The zero-order chi connectivity index (χ0) is 12.3. The molecule has 16 heavy (non-hydrogen) atoms. The third kappa shape index (κ3) is 2.48. The van der Waals surface area contributed by atoms with Gasteiger partial charge in [-0.05, 0) is 26.7 Å². The number of hydrogen-bond acceptors (Lipinski definition) is 5. The highest BCUT2D eigenvalue weighted by atomic mass is 16.5. The number of ether oxygens (including phenoxy) is 1. The van der Waals surface area contributed by atoms with E-state index in [9.17, 15) is 14.7 Å². The van der Waals surface area contributed by atoms with Gasteiger partial charge in [0.05, 0.1) is 18.4 Å². The third-order valence-electron chi connectivity index (χ3n) is 2.44. The van der Waals surface area contributed by atoms with Gasteiger partial charge in [-0.2, -0.15) is 0 Å². The summed E-state index contributed by atoms with van der Waals surface area (Å²) in [7, 11) is 1.30. The highest BCUT2D eigenvalue weighted by Gasteiger charge is 2.28. The Labute approximate surface area is 93.8 Å². The highest BCUT2D eigenvalue weighted by molar-refractivity contribution is 6.22. The molecule has 1 aliphatic heterocycles. The summed E-state index contributed by atoms with van der Waals surface area (Å²) in [6, 6.07) is -0.548. The standard InChI is InChI=1S/C11H15NO4/c1-6(13)10(7(2)14)8-4-5-9(12-8)11(15)16-3/h9,13H,4-5H2,1-3H3/b10-6-. The molecule has 0 saturated heterocycles. The topological polar surface area (TPSA) is 76.0 Å². The lowest BCUT2D eigenvalue weighted by Crippen LogP contribution is -2.17. The maximum atomic E-state index is 11.3. The summed E-state index contributed by atoms with van der Waals surface area (Å²) in [6.07, 6.45) is 1.03. The number of nitrogens with zero attached hydrogens (tertiary/aromatic N) is 1. The van der Waals surface area contributed by atoms with Crippen molar-refractivity contribution in [3.63, 3.8) is 0 Å². The minimum Gasteiger partial charge on any atom is -0.512 e. The van der Waals surface area contributed by atoms with Gasteiger partial charge in [0.1, 0.15) is 11.8 Å². The second-order valence-corrected chi connectivity index (χ2v) is 3.67. The average Bonchev–Trinajstić information content (AvgIpc) is 2.64. The molecule has 1 atom stereocenters. The van der Waals surface area contributed by atoms with Crippen molar-refractivity contribution >= 4 is 17.5 Å². The zero-order valence-electron chi connectivity index (χ0n) is 9.61. The highest BCUT2D eigenvalue weighted by Crippen LogP contribution is 2.21. The van der Waals surface area contributed by atoms with Crippen LogP contribution in [0.15, 0.2) is 16.3 Å². The first-order valence-electron chi connectivity index (χ1n) is 5.03. The SMILES string of the molecule is COC(=O)C1CCC(/C(C(C)=O)=C(/C)O)=N1. The normalized spacial score (nSPS) is 21.2. The van der Waals surface area contributed by atoms with Crippen LogP contribution in [0.4, 0.5) is 0 Å². The van der Waals surface area contributed by atoms with Crippen LogP contribution in [0.5, 0.6) is 0 Å². The lowest BCUT2D eigenvalue weighted by Gasteiger charge is -2.04. The Morgan fingerprint density at radius 2 is 2.06 bits per heavy atom. The summed E-state index contributed by atoms with van der Waals surface area (Å²) in [5.74, 6) is -0.713. The lowest BCUT2D eigenvalue weighted by atomic mass is 10.0. The molecule has 0 spiro atoms. The van der Waals surface area contributed by atoms with Crippen LogP contribution in [0.25, 0.3) is 0 Å². The number of allylic oxidation sites excluding steroid dienone is 2. The van der Waals surface area contributed by atoms with Gasteiger partial charge in [-0.3, -0.25) is 9.79 Å². The Hall–Kier alpha value is -1.65. The van der Waals surface area contributed by atoms with E-state index in [2.05, 4.69) is 9.73 Å². The molecule has 0 aromatic heterocycles. The molecule has 1 N–H and O–H groups in total. The predicted molar refractivity (Wildman–Crippen MR) is 58.5 cm³/mol. The number of hydrogen-bond donors (Lipinski definition) is 1. The van der Waals surface area contributed by atoms with Gasteiger partial charge in [0.15, 0.2) is 5.78 Å². The molecule has 0 saturated carbocycles. The fraction of sp³-hybridized carbons (Fsp3) is 0.545. The van der Waals surface area contributed by atoms with E-state index in [1.165, 1.54) is 21.0 Å². The molecule has 0 fully saturated rings. The van der Waals surface area contributed by atoms with Gasteiger partial charge in [0.2, 0.25) is 0 Å². The molecule has 0 aliphatic carbocycles. The van der Waals surface area contributed by atoms with Crippen LogP contribution in [-0.2, 0) is 14.3 Å². The van der Waals surface area contributed by atoms with Crippen molar-refractivity contribution in [3.8, 4) is 0 Å². The molecule has 1 rings (SSSR count). The molecule has 1 aliphatic rings. The molecule has 0 aromatic rings. The van der Waals surface area contributed by atoms with Crippen molar-refractivity contribution in [2.75, 3.05) is 7.11 Å². The Morgan fingerprint density at radius 1 is 1.44 bits per heavy atom. The van der Waals surface area contributed by atoms with Gasteiger partial charge in [0.25, 0.3) is 0 Å². The lowest BCUT2D eigenvalue weighted by molar-refractivity contribution is -0.142. The first-order valence-corrected chi connectivity index (χ1v) is 5.03. The molecule has 0 amide bonds. The van der Waals surface area contributed by atoms with E-state index in [1.807, 2.05) is 0 Å². The van der Waals surface area contributed by atoms with E-state index in [-0.39, 0.29) is 17.1 Å². The fourth-order valence-corrected chi connectivity index (χ4v) is 1.75. The predicted octanol–water partition coefficient (Wildman–Crippen LogP) is 1.18. The van der Waals surface area contributed by atoms with Gasteiger partial charge in [0, 0.05) is 0 Å². The maximum Gasteiger partial charge on any atom is 0.330 e. The van der Waals surface area contributed by atoms with E-state index in [4.69, 9.17) is 0 Å². The number of carbonyl (C=O) groups is 2. The van der Waals surface area contributed by atoms with E-state index in [0.717, 1.165) is 0 Å². The van der Waals surface area contributed by atoms with Crippen molar-refractivity contribution in [1.82, 2.24) is 0 Å². The van der Waals surface area contributed by atoms with Crippen LogP contribution < -0.4 is 0 Å². The Morgan fingerprint density at radius 3 is 2.50 bits per heavy atom. The van der Waals surface area contributed by atoms with Crippen LogP contribution in [0.1, 0.15) is 26.7 Å². The molecule has 1 heterocycles.